The molecule has 0 amide bonds. The first-order valence-electron chi connectivity index (χ1n) is 7.82. The summed E-state index contributed by atoms with van der Waals surface area (Å²) in [5.74, 6) is 1.02. The van der Waals surface area contributed by atoms with Crippen LogP contribution in [0, 0.1) is 0 Å². The van der Waals surface area contributed by atoms with E-state index in [1.165, 1.54) is 10.4 Å². The van der Waals surface area contributed by atoms with Crippen LogP contribution in [0.2, 0.25) is 0 Å². The molecule has 114 valence electrons. The molecule has 0 radical (unpaired) electrons. The van der Waals surface area contributed by atoms with E-state index in [9.17, 15) is 0 Å². The van der Waals surface area contributed by atoms with Gasteiger partial charge in [0.25, 0.3) is 0 Å². The summed E-state index contributed by atoms with van der Waals surface area (Å²) >= 11 is 1.79. The van der Waals surface area contributed by atoms with Crippen LogP contribution < -0.4 is 10.1 Å². The highest BCUT2D eigenvalue weighted by Crippen LogP contribution is 2.27. The van der Waals surface area contributed by atoms with Gasteiger partial charge in [-0.15, -0.1) is 11.3 Å². The number of para-hydroxylation sites is 1. The monoisotopic (exact) mass is 303 g/mol. The standard InChI is InChI=1S/C18H25NOS/c1-3-12-19-17(4-2)16-9-5-6-10-18(16)20-13-11-15-8-7-14-21-15/h5-10,14,17,19H,3-4,11-13H2,1-2H3. The van der Waals surface area contributed by atoms with E-state index in [2.05, 4.69) is 60.9 Å². The van der Waals surface area contributed by atoms with E-state index in [1.807, 2.05) is 0 Å². The highest BCUT2D eigenvalue weighted by atomic mass is 32.1. The molecule has 2 aromatic rings. The lowest BCUT2D eigenvalue weighted by Gasteiger charge is -2.20. The number of thiophene rings is 1. The Hall–Kier alpha value is -1.32. The topological polar surface area (TPSA) is 21.3 Å². The van der Waals surface area contributed by atoms with Crippen molar-refractivity contribution < 1.29 is 4.74 Å². The van der Waals surface area contributed by atoms with Gasteiger partial charge in [0.1, 0.15) is 5.75 Å². The van der Waals surface area contributed by atoms with Crippen LogP contribution in [-0.4, -0.2) is 13.2 Å². The number of ether oxygens (including phenoxy) is 1. The lowest BCUT2D eigenvalue weighted by Crippen LogP contribution is -2.22. The Labute approximate surface area is 132 Å². The van der Waals surface area contributed by atoms with Gasteiger partial charge < -0.3 is 10.1 Å². The molecule has 0 saturated carbocycles. The number of nitrogens with one attached hydrogen (secondary N) is 1. The van der Waals surface area contributed by atoms with Crippen LogP contribution in [0.1, 0.15) is 43.2 Å². The van der Waals surface area contributed by atoms with Gasteiger partial charge in [-0.2, -0.15) is 0 Å². The summed E-state index contributed by atoms with van der Waals surface area (Å²) < 4.78 is 6.04. The highest BCUT2D eigenvalue weighted by Gasteiger charge is 2.13. The van der Waals surface area contributed by atoms with Crippen molar-refractivity contribution >= 4 is 11.3 Å². The number of rotatable bonds is 9. The Bertz CT molecular complexity index is 510. The fraction of sp³-hybridized carbons (Fsp3) is 0.444. The maximum Gasteiger partial charge on any atom is 0.124 e. The van der Waals surface area contributed by atoms with E-state index >= 15 is 0 Å². The fourth-order valence-electron chi connectivity index (χ4n) is 2.41. The first-order valence-corrected chi connectivity index (χ1v) is 8.70. The molecule has 2 nitrogen and oxygen atoms in total. The van der Waals surface area contributed by atoms with Gasteiger partial charge in [0.05, 0.1) is 6.61 Å². The number of benzene rings is 1. The van der Waals surface area contributed by atoms with Gasteiger partial charge in [-0.1, -0.05) is 38.1 Å². The SMILES string of the molecule is CCCNC(CC)c1ccccc1OCCc1cccs1. The molecule has 0 aliphatic heterocycles. The normalized spacial score (nSPS) is 12.3. The Kier molecular flexibility index (Phi) is 6.77. The van der Waals surface area contributed by atoms with Crippen molar-refractivity contribution in [3.8, 4) is 5.75 Å². The Morgan fingerprint density at radius 2 is 2.00 bits per heavy atom. The number of hydrogen-bond acceptors (Lipinski definition) is 3. The Morgan fingerprint density at radius 1 is 1.14 bits per heavy atom. The number of hydrogen-bond donors (Lipinski definition) is 1. The zero-order valence-electron chi connectivity index (χ0n) is 13.0. The summed E-state index contributed by atoms with van der Waals surface area (Å²) in [5.41, 5.74) is 1.28. The molecule has 0 fully saturated rings. The molecule has 1 N–H and O–H groups in total. The molecule has 0 saturated heterocycles. The molecule has 1 unspecified atom stereocenters. The van der Waals surface area contributed by atoms with E-state index in [0.29, 0.717) is 6.04 Å². The van der Waals surface area contributed by atoms with Crippen LogP contribution in [0.5, 0.6) is 5.75 Å². The smallest absolute Gasteiger partial charge is 0.124 e. The molecule has 1 aromatic carbocycles. The third-order valence-electron chi connectivity index (χ3n) is 3.53. The van der Waals surface area contributed by atoms with Crippen molar-refractivity contribution in [3.63, 3.8) is 0 Å². The van der Waals surface area contributed by atoms with E-state index < -0.39 is 0 Å². The maximum absolute atomic E-state index is 6.04. The molecule has 3 heteroatoms. The molecular formula is C18H25NOS. The minimum atomic E-state index is 0.378. The molecule has 1 aromatic heterocycles. The van der Waals surface area contributed by atoms with Crippen LogP contribution in [0.3, 0.4) is 0 Å². The predicted octanol–water partition coefficient (Wildman–Crippen LogP) is 4.82. The van der Waals surface area contributed by atoms with Crippen molar-refractivity contribution in [2.24, 2.45) is 0 Å². The van der Waals surface area contributed by atoms with Crippen molar-refractivity contribution in [1.29, 1.82) is 0 Å². The van der Waals surface area contributed by atoms with Gasteiger partial charge in [-0.05, 0) is 36.9 Å². The van der Waals surface area contributed by atoms with E-state index in [4.69, 9.17) is 4.74 Å². The molecule has 2 rings (SSSR count). The zero-order chi connectivity index (χ0) is 14.9. The van der Waals surface area contributed by atoms with Crippen LogP contribution in [0.25, 0.3) is 0 Å². The summed E-state index contributed by atoms with van der Waals surface area (Å²) in [4.78, 5) is 1.38. The van der Waals surface area contributed by atoms with Crippen LogP contribution in [0.4, 0.5) is 0 Å². The highest BCUT2D eigenvalue weighted by molar-refractivity contribution is 7.09. The molecule has 0 aliphatic carbocycles. The molecule has 21 heavy (non-hydrogen) atoms. The van der Waals surface area contributed by atoms with Crippen LogP contribution >= 0.6 is 11.3 Å². The first kappa shape index (κ1) is 16.1. The third-order valence-corrected chi connectivity index (χ3v) is 4.47. The average molecular weight is 303 g/mol. The summed E-state index contributed by atoms with van der Waals surface area (Å²) in [5, 5.41) is 5.72. The molecule has 0 bridgehead atoms. The quantitative estimate of drug-likeness (QED) is 0.717. The fourth-order valence-corrected chi connectivity index (χ4v) is 3.10. The predicted molar refractivity (Wildman–Crippen MR) is 91.3 cm³/mol. The van der Waals surface area contributed by atoms with Gasteiger partial charge in [0, 0.05) is 22.9 Å². The lowest BCUT2D eigenvalue weighted by atomic mass is 10.0. The summed E-state index contributed by atoms with van der Waals surface area (Å²) in [6, 6.07) is 13.0. The van der Waals surface area contributed by atoms with Crippen LogP contribution in [0.15, 0.2) is 41.8 Å². The summed E-state index contributed by atoms with van der Waals surface area (Å²) in [6.45, 7) is 6.20. The Balaban J connectivity index is 1.98. The van der Waals surface area contributed by atoms with E-state index in [1.54, 1.807) is 11.3 Å². The third kappa shape index (κ3) is 4.87. The summed E-state index contributed by atoms with van der Waals surface area (Å²) in [7, 11) is 0. The van der Waals surface area contributed by atoms with Crippen molar-refractivity contribution in [1.82, 2.24) is 5.32 Å². The zero-order valence-corrected chi connectivity index (χ0v) is 13.8. The van der Waals surface area contributed by atoms with Gasteiger partial charge >= 0.3 is 0 Å². The van der Waals surface area contributed by atoms with Crippen molar-refractivity contribution in [3.05, 3.63) is 52.2 Å². The lowest BCUT2D eigenvalue weighted by molar-refractivity contribution is 0.314. The second-order valence-corrected chi connectivity index (χ2v) is 6.16. The van der Waals surface area contributed by atoms with Crippen molar-refractivity contribution in [2.75, 3.05) is 13.2 Å². The van der Waals surface area contributed by atoms with Gasteiger partial charge in [-0.25, -0.2) is 0 Å². The second-order valence-electron chi connectivity index (χ2n) is 5.13. The average Bonchev–Trinajstić information content (AvgIpc) is 3.03. The molecule has 0 aliphatic rings. The van der Waals surface area contributed by atoms with E-state index in [-0.39, 0.29) is 0 Å². The molecule has 1 heterocycles. The maximum atomic E-state index is 6.04. The van der Waals surface area contributed by atoms with Crippen LogP contribution in [-0.2, 0) is 6.42 Å². The van der Waals surface area contributed by atoms with Gasteiger partial charge in [-0.3, -0.25) is 0 Å². The molecular weight excluding hydrogens is 278 g/mol. The van der Waals surface area contributed by atoms with E-state index in [0.717, 1.165) is 38.2 Å². The van der Waals surface area contributed by atoms with Gasteiger partial charge in [0.15, 0.2) is 0 Å². The van der Waals surface area contributed by atoms with Gasteiger partial charge in [0.2, 0.25) is 0 Å². The summed E-state index contributed by atoms with van der Waals surface area (Å²) in [6.07, 6.45) is 3.20. The minimum absolute atomic E-state index is 0.378. The minimum Gasteiger partial charge on any atom is -0.493 e. The largest absolute Gasteiger partial charge is 0.493 e. The van der Waals surface area contributed by atoms with Crippen molar-refractivity contribution in [2.45, 2.75) is 39.2 Å². The second kappa shape index (κ2) is 8.85. The first-order chi connectivity index (χ1) is 10.3. The molecule has 0 spiro atoms. The Morgan fingerprint density at radius 3 is 2.71 bits per heavy atom. The molecule has 1 atom stereocenters.